The van der Waals surface area contributed by atoms with Crippen molar-refractivity contribution >= 4 is 0 Å². The van der Waals surface area contributed by atoms with Crippen LogP contribution in [-0.2, 0) is 22.6 Å². The number of aryl methyl sites for hydroxylation is 1. The molecule has 2 heterocycles. The second-order valence-corrected chi connectivity index (χ2v) is 3.79. The molecule has 0 aromatic carbocycles. The molecule has 15 heavy (non-hydrogen) atoms. The van der Waals surface area contributed by atoms with Crippen molar-refractivity contribution in [2.75, 3.05) is 20.3 Å². The highest BCUT2D eigenvalue weighted by atomic mass is 16.6. The molecule has 0 atom stereocenters. The summed E-state index contributed by atoms with van der Waals surface area (Å²) >= 11 is 0. The number of hydrogen-bond donors (Lipinski definition) is 1. The highest BCUT2D eigenvalue weighted by Crippen LogP contribution is 2.17. The Labute approximate surface area is 89.6 Å². The first kappa shape index (κ1) is 10.7. The Hall–Kier alpha value is -0.840. The van der Waals surface area contributed by atoms with Crippen molar-refractivity contribution in [1.82, 2.24) is 5.32 Å². The molecule has 1 aliphatic heterocycles. The Morgan fingerprint density at radius 1 is 1.53 bits per heavy atom. The average molecular weight is 211 g/mol. The van der Waals surface area contributed by atoms with Gasteiger partial charge in [0.25, 0.3) is 0 Å². The van der Waals surface area contributed by atoms with Crippen LogP contribution in [0.4, 0.5) is 0 Å². The van der Waals surface area contributed by atoms with Gasteiger partial charge in [-0.15, -0.1) is 0 Å². The molecule has 4 heteroatoms. The molecular formula is C11H17NO3. The van der Waals surface area contributed by atoms with E-state index >= 15 is 0 Å². The zero-order chi connectivity index (χ0) is 10.7. The van der Waals surface area contributed by atoms with Crippen molar-refractivity contribution in [3.8, 4) is 0 Å². The third-order valence-corrected chi connectivity index (χ3v) is 2.51. The summed E-state index contributed by atoms with van der Waals surface area (Å²) in [6.45, 7) is 4.77. The van der Waals surface area contributed by atoms with E-state index in [0.29, 0.717) is 19.8 Å². The van der Waals surface area contributed by atoms with Crippen LogP contribution >= 0.6 is 0 Å². The monoisotopic (exact) mass is 211 g/mol. The summed E-state index contributed by atoms with van der Waals surface area (Å²) in [4.78, 5) is 0. The Balaban J connectivity index is 1.87. The summed E-state index contributed by atoms with van der Waals surface area (Å²) in [5, 5.41) is 3.10. The van der Waals surface area contributed by atoms with Crippen LogP contribution in [0.15, 0.2) is 10.5 Å². The summed E-state index contributed by atoms with van der Waals surface area (Å²) in [7, 11) is 1.92. The van der Waals surface area contributed by atoms with Crippen molar-refractivity contribution in [2.45, 2.75) is 26.2 Å². The minimum absolute atomic E-state index is 0.253. The summed E-state index contributed by atoms with van der Waals surface area (Å²) < 4.78 is 16.2. The molecule has 0 bridgehead atoms. The highest BCUT2D eigenvalue weighted by molar-refractivity contribution is 5.20. The van der Waals surface area contributed by atoms with Crippen molar-refractivity contribution < 1.29 is 13.9 Å². The lowest BCUT2D eigenvalue weighted by Gasteiger charge is -2.25. The zero-order valence-corrected chi connectivity index (χ0v) is 9.21. The average Bonchev–Trinajstić information content (AvgIpc) is 2.45. The van der Waals surface area contributed by atoms with Crippen LogP contribution in [0.3, 0.4) is 0 Å². The van der Waals surface area contributed by atoms with E-state index in [2.05, 4.69) is 5.32 Å². The minimum Gasteiger partial charge on any atom is -0.464 e. The van der Waals surface area contributed by atoms with Gasteiger partial charge in [0.1, 0.15) is 24.2 Å². The van der Waals surface area contributed by atoms with Gasteiger partial charge in [-0.1, -0.05) is 0 Å². The first-order valence-corrected chi connectivity index (χ1v) is 5.21. The summed E-state index contributed by atoms with van der Waals surface area (Å²) in [6.07, 6.45) is 0.253. The number of ether oxygens (including phenoxy) is 2. The molecule has 0 spiro atoms. The molecule has 0 aliphatic carbocycles. The predicted octanol–water partition coefficient (Wildman–Crippen LogP) is 1.22. The molecule has 1 saturated heterocycles. The number of hydrogen-bond acceptors (Lipinski definition) is 4. The maximum absolute atomic E-state index is 5.58. The van der Waals surface area contributed by atoms with E-state index in [-0.39, 0.29) is 6.10 Å². The molecule has 4 nitrogen and oxygen atoms in total. The number of furan rings is 1. The fourth-order valence-electron chi connectivity index (χ4n) is 1.53. The van der Waals surface area contributed by atoms with Crippen molar-refractivity contribution in [2.24, 2.45) is 0 Å². The van der Waals surface area contributed by atoms with Crippen LogP contribution < -0.4 is 5.32 Å². The first-order valence-electron chi connectivity index (χ1n) is 5.21. The highest BCUT2D eigenvalue weighted by Gasteiger charge is 2.19. The molecular weight excluding hydrogens is 194 g/mol. The Bertz CT molecular complexity index is 318. The van der Waals surface area contributed by atoms with Gasteiger partial charge >= 0.3 is 0 Å². The SMILES string of the molecule is CNCc1cc(COC2COC2)oc1C. The Morgan fingerprint density at radius 3 is 2.93 bits per heavy atom. The molecule has 2 rings (SSSR count). The molecule has 1 aliphatic rings. The minimum atomic E-state index is 0.253. The molecule has 1 fully saturated rings. The van der Waals surface area contributed by atoms with Gasteiger partial charge in [0.2, 0.25) is 0 Å². The van der Waals surface area contributed by atoms with E-state index < -0.39 is 0 Å². The van der Waals surface area contributed by atoms with E-state index in [1.54, 1.807) is 0 Å². The van der Waals surface area contributed by atoms with E-state index in [1.165, 1.54) is 5.56 Å². The van der Waals surface area contributed by atoms with Gasteiger partial charge in [0.05, 0.1) is 13.2 Å². The molecule has 0 saturated carbocycles. The van der Waals surface area contributed by atoms with Gasteiger partial charge in [-0.25, -0.2) is 0 Å². The van der Waals surface area contributed by atoms with Crippen molar-refractivity contribution in [3.05, 3.63) is 23.2 Å². The zero-order valence-electron chi connectivity index (χ0n) is 9.21. The molecule has 1 N–H and O–H groups in total. The third-order valence-electron chi connectivity index (χ3n) is 2.51. The second kappa shape index (κ2) is 4.79. The fourth-order valence-corrected chi connectivity index (χ4v) is 1.53. The summed E-state index contributed by atoms with van der Waals surface area (Å²) in [5.74, 6) is 1.86. The summed E-state index contributed by atoms with van der Waals surface area (Å²) in [6, 6.07) is 2.05. The maximum Gasteiger partial charge on any atom is 0.130 e. The smallest absolute Gasteiger partial charge is 0.130 e. The molecule has 0 radical (unpaired) electrons. The molecule has 0 amide bonds. The van der Waals surface area contributed by atoms with Gasteiger partial charge in [-0.3, -0.25) is 0 Å². The van der Waals surface area contributed by atoms with Crippen LogP contribution in [0.5, 0.6) is 0 Å². The molecule has 0 unspecified atom stereocenters. The molecule has 84 valence electrons. The first-order chi connectivity index (χ1) is 7.29. The van der Waals surface area contributed by atoms with Gasteiger partial charge in [-0.2, -0.15) is 0 Å². The van der Waals surface area contributed by atoms with Gasteiger partial charge in [0, 0.05) is 12.1 Å². The number of nitrogens with one attached hydrogen (secondary N) is 1. The van der Waals surface area contributed by atoms with Gasteiger partial charge < -0.3 is 19.2 Å². The molecule has 1 aromatic heterocycles. The van der Waals surface area contributed by atoms with E-state index in [4.69, 9.17) is 13.9 Å². The van der Waals surface area contributed by atoms with Crippen LogP contribution in [0.1, 0.15) is 17.1 Å². The van der Waals surface area contributed by atoms with Gasteiger partial charge in [0.15, 0.2) is 0 Å². The van der Waals surface area contributed by atoms with Crippen LogP contribution in [0.2, 0.25) is 0 Å². The van der Waals surface area contributed by atoms with Crippen molar-refractivity contribution in [1.29, 1.82) is 0 Å². The van der Waals surface area contributed by atoms with E-state index in [9.17, 15) is 0 Å². The van der Waals surface area contributed by atoms with Crippen molar-refractivity contribution in [3.63, 3.8) is 0 Å². The lowest BCUT2D eigenvalue weighted by Crippen LogP contribution is -2.35. The van der Waals surface area contributed by atoms with E-state index in [1.807, 2.05) is 20.0 Å². The lowest BCUT2D eigenvalue weighted by atomic mass is 10.2. The normalized spacial score (nSPS) is 16.7. The topological polar surface area (TPSA) is 43.6 Å². The maximum atomic E-state index is 5.58. The Morgan fingerprint density at radius 2 is 2.33 bits per heavy atom. The van der Waals surface area contributed by atoms with Gasteiger partial charge in [-0.05, 0) is 20.0 Å². The molecule has 1 aromatic rings. The van der Waals surface area contributed by atoms with Crippen LogP contribution in [0.25, 0.3) is 0 Å². The summed E-state index contributed by atoms with van der Waals surface area (Å²) in [5.41, 5.74) is 1.20. The van der Waals surface area contributed by atoms with Crippen LogP contribution in [0, 0.1) is 6.92 Å². The standard InChI is InChI=1S/C11H17NO3/c1-8-9(4-12-2)3-10(15-8)7-14-11-5-13-6-11/h3,11-12H,4-7H2,1-2H3. The third kappa shape index (κ3) is 2.59. The van der Waals surface area contributed by atoms with E-state index in [0.717, 1.165) is 18.1 Å². The fraction of sp³-hybridized carbons (Fsp3) is 0.636. The largest absolute Gasteiger partial charge is 0.464 e. The second-order valence-electron chi connectivity index (χ2n) is 3.79. The number of rotatable bonds is 5. The Kier molecular flexibility index (Phi) is 3.41. The predicted molar refractivity (Wildman–Crippen MR) is 55.6 cm³/mol. The van der Waals surface area contributed by atoms with Crippen LogP contribution in [-0.4, -0.2) is 26.4 Å². The quantitative estimate of drug-likeness (QED) is 0.795. The lowest BCUT2D eigenvalue weighted by molar-refractivity contribution is -0.137.